The highest BCUT2D eigenvalue weighted by Crippen LogP contribution is 2.32. The number of rotatable bonds is 5. The summed E-state index contributed by atoms with van der Waals surface area (Å²) in [7, 11) is 0. The first-order valence-electron chi connectivity index (χ1n) is 11.2. The van der Waals surface area contributed by atoms with Gasteiger partial charge in [0.1, 0.15) is 0 Å². The standard InChI is InChI=1S/C31H27N/c1-23(2)32(30-18-14-26(15-19-30)24-8-4-3-5-9-24)31-20-16-27(17-21-31)29-13-12-25-10-6-7-11-28(25)22-29/h3-23H,1-2H3. The molecule has 1 nitrogen and oxygen atoms in total. The summed E-state index contributed by atoms with van der Waals surface area (Å²) in [5.74, 6) is 0. The average Bonchev–Trinajstić information content (AvgIpc) is 2.85. The minimum Gasteiger partial charge on any atom is -0.339 e. The molecule has 156 valence electrons. The molecule has 0 saturated heterocycles. The van der Waals surface area contributed by atoms with Crippen LogP contribution in [0.3, 0.4) is 0 Å². The van der Waals surface area contributed by atoms with Gasteiger partial charge in [-0.3, -0.25) is 0 Å². The van der Waals surface area contributed by atoms with Gasteiger partial charge in [-0.25, -0.2) is 0 Å². The van der Waals surface area contributed by atoms with Crippen LogP contribution in [-0.4, -0.2) is 6.04 Å². The van der Waals surface area contributed by atoms with Crippen LogP contribution in [0.25, 0.3) is 33.0 Å². The number of benzene rings is 5. The molecule has 5 rings (SSSR count). The van der Waals surface area contributed by atoms with Crippen molar-refractivity contribution in [1.29, 1.82) is 0 Å². The lowest BCUT2D eigenvalue weighted by molar-refractivity contribution is 0.789. The van der Waals surface area contributed by atoms with Gasteiger partial charge in [-0.15, -0.1) is 0 Å². The van der Waals surface area contributed by atoms with E-state index in [1.165, 1.54) is 44.4 Å². The van der Waals surface area contributed by atoms with Crippen molar-refractivity contribution in [2.75, 3.05) is 4.90 Å². The highest BCUT2D eigenvalue weighted by atomic mass is 15.2. The lowest BCUT2D eigenvalue weighted by Gasteiger charge is -2.29. The minimum absolute atomic E-state index is 0.351. The molecule has 0 aromatic heterocycles. The quantitative estimate of drug-likeness (QED) is 0.278. The Balaban J connectivity index is 1.43. The summed E-state index contributed by atoms with van der Waals surface area (Å²) in [6.45, 7) is 4.48. The van der Waals surface area contributed by atoms with E-state index in [0.717, 1.165) is 0 Å². The van der Waals surface area contributed by atoms with E-state index < -0.39 is 0 Å². The zero-order chi connectivity index (χ0) is 21.9. The van der Waals surface area contributed by atoms with Gasteiger partial charge in [0.25, 0.3) is 0 Å². The topological polar surface area (TPSA) is 3.24 Å². The molecule has 1 heteroatoms. The number of hydrogen-bond donors (Lipinski definition) is 0. The lowest BCUT2D eigenvalue weighted by Crippen LogP contribution is -2.25. The third-order valence-corrected chi connectivity index (χ3v) is 6.00. The van der Waals surface area contributed by atoms with Crippen LogP contribution in [0, 0.1) is 0 Å². The average molecular weight is 414 g/mol. The summed E-state index contributed by atoms with van der Waals surface area (Å²) >= 11 is 0. The Bertz CT molecular complexity index is 1320. The molecule has 0 heterocycles. The molecular weight excluding hydrogens is 386 g/mol. The maximum atomic E-state index is 2.39. The van der Waals surface area contributed by atoms with Crippen molar-refractivity contribution in [3.05, 3.63) is 121 Å². The Labute approximate surface area is 190 Å². The van der Waals surface area contributed by atoms with Gasteiger partial charge < -0.3 is 4.90 Å². The maximum absolute atomic E-state index is 2.39. The Kier molecular flexibility index (Phi) is 5.47. The third kappa shape index (κ3) is 4.02. The molecule has 0 N–H and O–H groups in total. The van der Waals surface area contributed by atoms with Crippen molar-refractivity contribution in [3.8, 4) is 22.3 Å². The fourth-order valence-electron chi connectivity index (χ4n) is 4.37. The molecule has 5 aromatic rings. The Morgan fingerprint density at radius 1 is 0.438 bits per heavy atom. The van der Waals surface area contributed by atoms with E-state index in [4.69, 9.17) is 0 Å². The van der Waals surface area contributed by atoms with Gasteiger partial charge in [0.15, 0.2) is 0 Å². The van der Waals surface area contributed by atoms with Crippen molar-refractivity contribution >= 4 is 22.1 Å². The number of nitrogens with zero attached hydrogens (tertiary/aromatic N) is 1. The highest BCUT2D eigenvalue weighted by molar-refractivity contribution is 5.87. The first kappa shape index (κ1) is 20.1. The second-order valence-corrected chi connectivity index (χ2v) is 8.49. The van der Waals surface area contributed by atoms with Crippen molar-refractivity contribution in [2.45, 2.75) is 19.9 Å². The molecule has 0 unspecified atom stereocenters. The Hall–Kier alpha value is -3.84. The third-order valence-electron chi connectivity index (χ3n) is 6.00. The SMILES string of the molecule is CC(C)N(c1ccc(-c2ccccc2)cc1)c1ccc(-c2ccc3ccccc3c2)cc1. The van der Waals surface area contributed by atoms with Crippen LogP contribution in [0.1, 0.15) is 13.8 Å². The minimum atomic E-state index is 0.351. The highest BCUT2D eigenvalue weighted by Gasteiger charge is 2.13. The summed E-state index contributed by atoms with van der Waals surface area (Å²) in [6, 6.07) is 43.9. The van der Waals surface area contributed by atoms with E-state index in [0.29, 0.717) is 6.04 Å². The van der Waals surface area contributed by atoms with Crippen molar-refractivity contribution in [2.24, 2.45) is 0 Å². The van der Waals surface area contributed by atoms with E-state index >= 15 is 0 Å². The van der Waals surface area contributed by atoms with Crippen molar-refractivity contribution in [1.82, 2.24) is 0 Å². The lowest BCUT2D eigenvalue weighted by atomic mass is 10.0. The van der Waals surface area contributed by atoms with E-state index in [1.54, 1.807) is 0 Å². The molecule has 0 atom stereocenters. The zero-order valence-electron chi connectivity index (χ0n) is 18.6. The molecule has 0 saturated carbocycles. The van der Waals surface area contributed by atoms with Crippen LogP contribution in [0.5, 0.6) is 0 Å². The van der Waals surface area contributed by atoms with E-state index in [2.05, 4.69) is 140 Å². The molecule has 0 radical (unpaired) electrons. The normalized spacial score (nSPS) is 11.1. The van der Waals surface area contributed by atoms with E-state index in [9.17, 15) is 0 Å². The van der Waals surface area contributed by atoms with Crippen LogP contribution >= 0.6 is 0 Å². The second kappa shape index (κ2) is 8.72. The molecule has 0 aliphatic heterocycles. The van der Waals surface area contributed by atoms with Crippen LogP contribution in [-0.2, 0) is 0 Å². The molecule has 0 aliphatic carbocycles. The van der Waals surface area contributed by atoms with Gasteiger partial charge in [-0.2, -0.15) is 0 Å². The van der Waals surface area contributed by atoms with Gasteiger partial charge in [-0.1, -0.05) is 91.0 Å². The maximum Gasteiger partial charge on any atom is 0.0413 e. The second-order valence-electron chi connectivity index (χ2n) is 8.49. The monoisotopic (exact) mass is 413 g/mol. The molecule has 0 fully saturated rings. The fourth-order valence-corrected chi connectivity index (χ4v) is 4.37. The van der Waals surface area contributed by atoms with Gasteiger partial charge in [0, 0.05) is 17.4 Å². The predicted molar refractivity (Wildman–Crippen MR) is 139 cm³/mol. The number of anilines is 2. The number of hydrogen-bond acceptors (Lipinski definition) is 1. The molecule has 32 heavy (non-hydrogen) atoms. The van der Waals surface area contributed by atoms with Gasteiger partial charge in [0.2, 0.25) is 0 Å². The molecule has 0 amide bonds. The van der Waals surface area contributed by atoms with Gasteiger partial charge in [0.05, 0.1) is 0 Å². The number of fused-ring (bicyclic) bond motifs is 1. The van der Waals surface area contributed by atoms with Crippen molar-refractivity contribution < 1.29 is 0 Å². The predicted octanol–water partition coefficient (Wildman–Crippen LogP) is 8.72. The summed E-state index contributed by atoms with van der Waals surface area (Å²) in [5, 5.41) is 2.55. The summed E-state index contributed by atoms with van der Waals surface area (Å²) < 4.78 is 0. The summed E-state index contributed by atoms with van der Waals surface area (Å²) in [4.78, 5) is 2.39. The molecule has 5 aromatic carbocycles. The molecular formula is C31H27N. The Morgan fingerprint density at radius 3 is 1.50 bits per heavy atom. The fraction of sp³-hybridized carbons (Fsp3) is 0.0968. The first-order chi connectivity index (χ1) is 15.7. The van der Waals surface area contributed by atoms with Crippen LogP contribution in [0.4, 0.5) is 11.4 Å². The van der Waals surface area contributed by atoms with E-state index in [1.807, 2.05) is 0 Å². The summed E-state index contributed by atoms with van der Waals surface area (Å²) in [5.41, 5.74) is 7.39. The molecule has 0 aliphatic rings. The van der Waals surface area contributed by atoms with Gasteiger partial charge in [-0.05, 0) is 77.2 Å². The smallest absolute Gasteiger partial charge is 0.0413 e. The molecule has 0 spiro atoms. The zero-order valence-corrected chi connectivity index (χ0v) is 18.6. The first-order valence-corrected chi connectivity index (χ1v) is 11.2. The van der Waals surface area contributed by atoms with Gasteiger partial charge >= 0.3 is 0 Å². The van der Waals surface area contributed by atoms with Crippen LogP contribution in [0.15, 0.2) is 121 Å². The van der Waals surface area contributed by atoms with Crippen molar-refractivity contribution in [3.63, 3.8) is 0 Å². The van der Waals surface area contributed by atoms with Crippen LogP contribution < -0.4 is 4.90 Å². The van der Waals surface area contributed by atoms with E-state index in [-0.39, 0.29) is 0 Å². The molecule has 0 bridgehead atoms. The summed E-state index contributed by atoms with van der Waals surface area (Å²) in [6.07, 6.45) is 0. The van der Waals surface area contributed by atoms with Crippen LogP contribution in [0.2, 0.25) is 0 Å². The largest absolute Gasteiger partial charge is 0.339 e. The Morgan fingerprint density at radius 2 is 0.906 bits per heavy atom.